The molecule has 0 saturated carbocycles. The van der Waals surface area contributed by atoms with Crippen molar-refractivity contribution in [3.8, 4) is 0 Å². The molecular weight excluding hydrogens is 280 g/mol. The van der Waals surface area contributed by atoms with E-state index in [2.05, 4.69) is 50.0 Å². The van der Waals surface area contributed by atoms with Crippen molar-refractivity contribution in [2.24, 2.45) is 5.92 Å². The molecule has 0 aliphatic carbocycles. The summed E-state index contributed by atoms with van der Waals surface area (Å²) in [7, 11) is 0. The fourth-order valence-electron chi connectivity index (χ4n) is 3.07. The highest BCUT2D eigenvalue weighted by Gasteiger charge is 2.37. The molecule has 0 bridgehead atoms. The van der Waals surface area contributed by atoms with Crippen molar-refractivity contribution < 1.29 is 0 Å². The summed E-state index contributed by atoms with van der Waals surface area (Å²) in [4.78, 5) is 2.66. The van der Waals surface area contributed by atoms with Gasteiger partial charge in [0, 0.05) is 36.2 Å². The summed E-state index contributed by atoms with van der Waals surface area (Å²) in [6.07, 6.45) is 2.40. The summed E-state index contributed by atoms with van der Waals surface area (Å²) in [6, 6.07) is 8.89. The molecule has 3 unspecified atom stereocenters. The third-order valence-corrected chi connectivity index (χ3v) is 5.56. The van der Waals surface area contributed by atoms with E-state index in [1.54, 1.807) is 0 Å². The van der Waals surface area contributed by atoms with Gasteiger partial charge in [-0.1, -0.05) is 50.9 Å². The largest absolute Gasteiger partial charge is 0.311 e. The predicted molar refractivity (Wildman–Crippen MR) is 91.8 cm³/mol. The Bertz CT molecular complexity index is 445. The summed E-state index contributed by atoms with van der Waals surface area (Å²) in [5.74, 6) is 0.721. The normalized spacial score (nSPS) is 28.5. The molecule has 0 spiro atoms. The quantitative estimate of drug-likeness (QED) is 0.871. The summed E-state index contributed by atoms with van der Waals surface area (Å²) < 4.78 is 0. The minimum absolute atomic E-state index is 0.240. The number of hydrogen-bond donors (Lipinski definition) is 1. The van der Waals surface area contributed by atoms with Gasteiger partial charge in [0.15, 0.2) is 0 Å². The second-order valence-corrected chi connectivity index (χ2v) is 7.17. The van der Waals surface area contributed by atoms with E-state index in [4.69, 9.17) is 11.6 Å². The lowest BCUT2D eigenvalue weighted by Gasteiger charge is -2.49. The molecule has 0 aromatic heterocycles. The first kappa shape index (κ1) is 16.8. The molecule has 1 N–H and O–H groups in total. The van der Waals surface area contributed by atoms with Crippen molar-refractivity contribution in [2.45, 2.75) is 58.7 Å². The molecule has 1 aromatic carbocycles. The van der Waals surface area contributed by atoms with Crippen molar-refractivity contribution in [1.82, 2.24) is 10.2 Å². The predicted octanol–water partition coefficient (Wildman–Crippen LogP) is 4.33. The highest BCUT2D eigenvalue weighted by molar-refractivity contribution is 6.30. The molecule has 3 atom stereocenters. The van der Waals surface area contributed by atoms with E-state index in [9.17, 15) is 0 Å². The zero-order valence-electron chi connectivity index (χ0n) is 13.8. The topological polar surface area (TPSA) is 15.3 Å². The maximum Gasteiger partial charge on any atom is 0.0406 e. The van der Waals surface area contributed by atoms with Gasteiger partial charge in [-0.3, -0.25) is 4.90 Å². The number of nitrogens with zero attached hydrogens (tertiary/aromatic N) is 1. The Kier molecular flexibility index (Phi) is 5.70. The SMILES string of the molecule is CCC(C)C1CN(Cc2ccc(Cl)cc2)C(C)(CC)CN1. The highest BCUT2D eigenvalue weighted by Crippen LogP contribution is 2.27. The molecule has 0 amide bonds. The van der Waals surface area contributed by atoms with Crippen LogP contribution in [0.5, 0.6) is 0 Å². The second kappa shape index (κ2) is 7.13. The monoisotopic (exact) mass is 308 g/mol. The molecule has 1 aromatic rings. The lowest BCUT2D eigenvalue weighted by atomic mass is 9.87. The maximum atomic E-state index is 6.00. The Morgan fingerprint density at radius 3 is 2.57 bits per heavy atom. The van der Waals surface area contributed by atoms with Crippen LogP contribution < -0.4 is 5.32 Å². The van der Waals surface area contributed by atoms with Crippen LogP contribution in [0.4, 0.5) is 0 Å². The summed E-state index contributed by atoms with van der Waals surface area (Å²) >= 11 is 6.00. The smallest absolute Gasteiger partial charge is 0.0406 e. The van der Waals surface area contributed by atoms with Crippen LogP contribution in [0.2, 0.25) is 5.02 Å². The van der Waals surface area contributed by atoms with E-state index >= 15 is 0 Å². The van der Waals surface area contributed by atoms with Gasteiger partial charge in [-0.15, -0.1) is 0 Å². The standard InChI is InChI=1S/C18H29ClN2/c1-5-14(3)17-12-21(18(4,6-2)13-20-17)11-15-7-9-16(19)10-8-15/h7-10,14,17,20H,5-6,11-13H2,1-4H3. The van der Waals surface area contributed by atoms with Gasteiger partial charge in [0.05, 0.1) is 0 Å². The van der Waals surface area contributed by atoms with Gasteiger partial charge in [0.2, 0.25) is 0 Å². The van der Waals surface area contributed by atoms with Gasteiger partial charge < -0.3 is 5.32 Å². The van der Waals surface area contributed by atoms with Crippen LogP contribution in [0.3, 0.4) is 0 Å². The Balaban J connectivity index is 2.12. The van der Waals surface area contributed by atoms with Crippen molar-refractivity contribution >= 4 is 11.6 Å². The molecule has 1 saturated heterocycles. The number of benzene rings is 1. The first-order valence-corrected chi connectivity index (χ1v) is 8.59. The van der Waals surface area contributed by atoms with Gasteiger partial charge in [-0.05, 0) is 37.0 Å². The van der Waals surface area contributed by atoms with Gasteiger partial charge in [-0.25, -0.2) is 0 Å². The Labute approximate surface area is 134 Å². The van der Waals surface area contributed by atoms with E-state index in [-0.39, 0.29) is 5.54 Å². The minimum Gasteiger partial charge on any atom is -0.311 e. The number of hydrogen-bond acceptors (Lipinski definition) is 2. The van der Waals surface area contributed by atoms with Gasteiger partial charge >= 0.3 is 0 Å². The molecule has 0 radical (unpaired) electrons. The van der Waals surface area contributed by atoms with Crippen molar-refractivity contribution in [3.63, 3.8) is 0 Å². The molecule has 118 valence electrons. The maximum absolute atomic E-state index is 6.00. The Morgan fingerprint density at radius 1 is 1.33 bits per heavy atom. The first-order valence-electron chi connectivity index (χ1n) is 8.21. The van der Waals surface area contributed by atoms with Gasteiger partial charge in [-0.2, -0.15) is 0 Å². The fourth-order valence-corrected chi connectivity index (χ4v) is 3.19. The van der Waals surface area contributed by atoms with Crippen LogP contribution in [0.15, 0.2) is 24.3 Å². The lowest BCUT2D eigenvalue weighted by Crippen LogP contribution is -2.63. The van der Waals surface area contributed by atoms with E-state index in [0.29, 0.717) is 6.04 Å². The van der Waals surface area contributed by atoms with Crippen LogP contribution in [0.1, 0.15) is 46.1 Å². The summed E-state index contributed by atoms with van der Waals surface area (Å²) in [5, 5.41) is 4.59. The van der Waals surface area contributed by atoms with Crippen molar-refractivity contribution in [1.29, 1.82) is 0 Å². The van der Waals surface area contributed by atoms with Gasteiger partial charge in [0.25, 0.3) is 0 Å². The third-order valence-electron chi connectivity index (χ3n) is 5.30. The zero-order chi connectivity index (χ0) is 15.5. The molecular formula is C18H29ClN2. The molecule has 21 heavy (non-hydrogen) atoms. The average Bonchev–Trinajstić information content (AvgIpc) is 2.51. The van der Waals surface area contributed by atoms with Crippen LogP contribution >= 0.6 is 11.6 Å². The van der Waals surface area contributed by atoms with Crippen LogP contribution in [0, 0.1) is 5.92 Å². The average molecular weight is 309 g/mol. The zero-order valence-corrected chi connectivity index (χ0v) is 14.6. The molecule has 1 heterocycles. The number of rotatable bonds is 5. The van der Waals surface area contributed by atoms with Crippen molar-refractivity contribution in [3.05, 3.63) is 34.9 Å². The van der Waals surface area contributed by atoms with Crippen LogP contribution in [-0.4, -0.2) is 29.6 Å². The van der Waals surface area contributed by atoms with Gasteiger partial charge in [0.1, 0.15) is 0 Å². The van der Waals surface area contributed by atoms with Crippen LogP contribution in [0.25, 0.3) is 0 Å². The molecule has 2 rings (SSSR count). The third kappa shape index (κ3) is 4.00. The van der Waals surface area contributed by atoms with Crippen molar-refractivity contribution in [2.75, 3.05) is 13.1 Å². The van der Waals surface area contributed by atoms with E-state index in [0.717, 1.165) is 30.6 Å². The minimum atomic E-state index is 0.240. The summed E-state index contributed by atoms with van der Waals surface area (Å²) in [5.41, 5.74) is 1.59. The first-order chi connectivity index (χ1) is 9.98. The molecule has 1 aliphatic rings. The summed E-state index contributed by atoms with van der Waals surface area (Å²) in [6.45, 7) is 12.5. The fraction of sp³-hybridized carbons (Fsp3) is 0.667. The number of piperazine rings is 1. The van der Waals surface area contributed by atoms with Crippen LogP contribution in [-0.2, 0) is 6.54 Å². The molecule has 1 aliphatic heterocycles. The number of halogens is 1. The number of nitrogens with one attached hydrogen (secondary N) is 1. The highest BCUT2D eigenvalue weighted by atomic mass is 35.5. The Morgan fingerprint density at radius 2 is 2.00 bits per heavy atom. The Hall–Kier alpha value is -0.570. The van der Waals surface area contributed by atoms with E-state index in [1.807, 2.05) is 12.1 Å². The lowest BCUT2D eigenvalue weighted by molar-refractivity contribution is 0.0294. The van der Waals surface area contributed by atoms with E-state index in [1.165, 1.54) is 18.4 Å². The van der Waals surface area contributed by atoms with E-state index < -0.39 is 0 Å². The molecule has 3 heteroatoms. The molecule has 2 nitrogen and oxygen atoms in total. The molecule has 1 fully saturated rings. The second-order valence-electron chi connectivity index (χ2n) is 6.73.